The highest BCUT2D eigenvalue weighted by Gasteiger charge is 2.37. The molecule has 24 nitrogen and oxygen atoms in total. The number of hydrogen-bond donors (Lipinski definition) is 6. The number of rotatable bonds is 18. The van der Waals surface area contributed by atoms with Crippen LogP contribution in [0.25, 0.3) is 22.5 Å². The number of fused-ring (bicyclic) bond motifs is 2. The van der Waals surface area contributed by atoms with Gasteiger partial charge in [-0.15, -0.1) is 0 Å². The number of anilines is 4. The average Bonchev–Trinajstić information content (AvgIpc) is 4.37. The summed E-state index contributed by atoms with van der Waals surface area (Å²) in [7, 11) is 6.41. The fourth-order valence-electron chi connectivity index (χ4n) is 9.20. The second-order valence-electron chi connectivity index (χ2n) is 19.1. The molecule has 416 valence electrons. The van der Waals surface area contributed by atoms with Crippen LogP contribution in [0, 0.1) is 25.5 Å². The summed E-state index contributed by atoms with van der Waals surface area (Å²) in [5, 5.41) is 39.7. The van der Waals surface area contributed by atoms with Crippen LogP contribution in [0.2, 0.25) is 0 Å². The third-order valence-corrected chi connectivity index (χ3v) is 13.7. The van der Waals surface area contributed by atoms with E-state index in [1.54, 1.807) is 86.6 Å². The Balaban J connectivity index is 0.000000194. The van der Waals surface area contributed by atoms with Gasteiger partial charge in [0.1, 0.15) is 46.9 Å². The van der Waals surface area contributed by atoms with Crippen molar-refractivity contribution in [1.82, 2.24) is 69.1 Å². The van der Waals surface area contributed by atoms with E-state index in [0.717, 1.165) is 33.9 Å². The Morgan fingerprint density at radius 3 is 1.38 bits per heavy atom. The van der Waals surface area contributed by atoms with Gasteiger partial charge in [0.25, 0.3) is 0 Å². The zero-order chi connectivity index (χ0) is 57.1. The first-order valence-corrected chi connectivity index (χ1v) is 25.1. The SMILES string of the molecule is COc1cc(F)cc([C@@H](CO)NC(=O)[C@@H](C)N2Cc3cc(-c4nc(Nc5ccnn5C)ncc4C)cn3C2=O)c1.COc1cc(F)cc([C@@H](CO)NC(=O)[C@H](C)N2Cc3cc(-c4nc(Nc5ccnn5C)ncc4C)cn3C2=O)c1. The van der Waals surface area contributed by atoms with E-state index < -0.39 is 60.8 Å². The predicted octanol–water partition coefficient (Wildman–Crippen LogP) is 5.80. The van der Waals surface area contributed by atoms with Crippen molar-refractivity contribution in [1.29, 1.82) is 0 Å². The number of nitrogens with zero attached hydrogens (tertiary/aromatic N) is 12. The molecule has 4 atom stereocenters. The van der Waals surface area contributed by atoms with Gasteiger partial charge in [0.2, 0.25) is 23.7 Å². The molecule has 8 aromatic rings. The van der Waals surface area contributed by atoms with E-state index in [1.807, 2.05) is 26.0 Å². The monoisotopic (exact) mass is 1100 g/mol. The molecule has 0 saturated heterocycles. The minimum Gasteiger partial charge on any atom is -0.497 e. The number of hydrogen-bond acceptors (Lipinski definition) is 16. The topological polar surface area (TPSA) is 279 Å². The van der Waals surface area contributed by atoms with Crippen molar-refractivity contribution in [2.75, 3.05) is 38.1 Å². The molecule has 10 rings (SSSR count). The number of aromatic nitrogens is 10. The van der Waals surface area contributed by atoms with Crippen molar-refractivity contribution in [2.45, 2.75) is 65.0 Å². The second-order valence-corrected chi connectivity index (χ2v) is 19.1. The van der Waals surface area contributed by atoms with Crippen molar-refractivity contribution in [3.05, 3.63) is 143 Å². The Kier molecular flexibility index (Phi) is 16.0. The van der Waals surface area contributed by atoms with Crippen molar-refractivity contribution in [3.63, 3.8) is 0 Å². The lowest BCUT2D eigenvalue weighted by Gasteiger charge is -2.25. The molecule has 26 heteroatoms. The van der Waals surface area contributed by atoms with Crippen LogP contribution in [-0.4, -0.2) is 132 Å². The van der Waals surface area contributed by atoms with Crippen LogP contribution in [0.15, 0.2) is 97.8 Å². The molecule has 8 heterocycles. The van der Waals surface area contributed by atoms with Crippen molar-refractivity contribution in [2.24, 2.45) is 14.1 Å². The van der Waals surface area contributed by atoms with Crippen LogP contribution in [0.4, 0.5) is 41.9 Å². The van der Waals surface area contributed by atoms with Gasteiger partial charge >= 0.3 is 12.1 Å². The molecular formula is C54H58F2N16O8. The molecule has 0 spiro atoms. The Bertz CT molecular complexity index is 3400. The Morgan fingerprint density at radius 1 is 0.637 bits per heavy atom. The number of aliphatic hydroxyl groups excluding tert-OH is 2. The van der Waals surface area contributed by atoms with E-state index in [2.05, 4.69) is 51.4 Å². The summed E-state index contributed by atoms with van der Waals surface area (Å²) in [5.74, 6) is 0.681. The number of benzene rings is 2. The van der Waals surface area contributed by atoms with E-state index in [4.69, 9.17) is 9.47 Å². The minimum absolute atomic E-state index is 0.204. The molecule has 0 unspecified atom stereocenters. The van der Waals surface area contributed by atoms with Crippen molar-refractivity contribution < 1.29 is 47.6 Å². The summed E-state index contributed by atoms with van der Waals surface area (Å²) in [4.78, 5) is 73.5. The quantitative estimate of drug-likeness (QED) is 0.0592. The summed E-state index contributed by atoms with van der Waals surface area (Å²) < 4.78 is 44.4. The lowest BCUT2D eigenvalue weighted by Crippen LogP contribution is -2.47. The van der Waals surface area contributed by atoms with E-state index in [-0.39, 0.29) is 36.7 Å². The van der Waals surface area contributed by atoms with Gasteiger partial charge in [-0.2, -0.15) is 10.2 Å². The van der Waals surface area contributed by atoms with Crippen molar-refractivity contribution >= 4 is 47.4 Å². The lowest BCUT2D eigenvalue weighted by molar-refractivity contribution is -0.126. The number of carbonyl (C=O) groups is 4. The third kappa shape index (κ3) is 11.5. The van der Waals surface area contributed by atoms with E-state index in [0.29, 0.717) is 45.8 Å². The summed E-state index contributed by atoms with van der Waals surface area (Å²) in [5.41, 5.74) is 6.59. The molecule has 80 heavy (non-hydrogen) atoms. The maximum absolute atomic E-state index is 14.0. The molecule has 0 saturated carbocycles. The minimum atomic E-state index is -0.877. The fourth-order valence-corrected chi connectivity index (χ4v) is 9.20. The Hall–Kier alpha value is -9.56. The van der Waals surface area contributed by atoms with Gasteiger partial charge in [-0.25, -0.2) is 38.3 Å². The molecule has 0 radical (unpaired) electrons. The second kappa shape index (κ2) is 23.2. The lowest BCUT2D eigenvalue weighted by atomic mass is 10.1. The normalized spacial score (nSPS) is 14.2. The van der Waals surface area contributed by atoms with Crippen LogP contribution >= 0.6 is 0 Å². The highest BCUT2D eigenvalue weighted by Crippen LogP contribution is 2.33. The predicted molar refractivity (Wildman–Crippen MR) is 287 cm³/mol. The first-order chi connectivity index (χ1) is 38.4. The Morgan fingerprint density at radius 2 is 1.04 bits per heavy atom. The van der Waals surface area contributed by atoms with Crippen LogP contribution in [0.5, 0.6) is 11.5 Å². The van der Waals surface area contributed by atoms with Crippen LogP contribution in [0.3, 0.4) is 0 Å². The zero-order valence-corrected chi connectivity index (χ0v) is 44.8. The van der Waals surface area contributed by atoms with Crippen molar-refractivity contribution in [3.8, 4) is 34.0 Å². The molecule has 0 fully saturated rings. The number of halogens is 2. The highest BCUT2D eigenvalue weighted by molar-refractivity contribution is 5.91. The molecule has 0 bridgehead atoms. The van der Waals surface area contributed by atoms with Gasteiger partial charge in [0.05, 0.1) is 76.4 Å². The fraction of sp³-hybridized carbons (Fsp3) is 0.296. The summed E-state index contributed by atoms with van der Waals surface area (Å²) in [6.07, 6.45) is 10.1. The number of carbonyl (C=O) groups excluding carboxylic acids is 4. The van der Waals surface area contributed by atoms with Crippen LogP contribution in [-0.2, 0) is 36.8 Å². The van der Waals surface area contributed by atoms with Gasteiger partial charge in [0, 0.05) is 85.7 Å². The third-order valence-electron chi connectivity index (χ3n) is 13.7. The number of ether oxygens (including phenoxy) is 2. The largest absolute Gasteiger partial charge is 0.497 e. The number of methoxy groups -OCH3 is 2. The smallest absolute Gasteiger partial charge is 0.329 e. The number of aryl methyl sites for hydroxylation is 4. The number of nitrogens with one attached hydrogen (secondary N) is 4. The maximum Gasteiger partial charge on any atom is 0.329 e. The molecule has 2 aromatic carbocycles. The highest BCUT2D eigenvalue weighted by atomic mass is 19.1. The molecular weight excluding hydrogens is 1040 g/mol. The summed E-state index contributed by atoms with van der Waals surface area (Å²) in [6.45, 7) is 6.47. The standard InChI is InChI=1S/2C27H29FN8O4/c2*1-15-11-29-26(32-23-5-6-30-34(23)3)33-24(15)18-8-20-13-35(27(39)36(20)12-18)16(2)25(38)31-22(14-37)17-7-19(28)10-21(9-17)40-4/h2*5-12,16,22,37H,13-14H2,1-4H3,(H,31,38)(H,29,32,33)/t16-,22+;16-,22-/m01/s1. The van der Waals surface area contributed by atoms with Gasteiger partial charge in [-0.3, -0.25) is 28.1 Å². The molecule has 0 aliphatic carbocycles. The van der Waals surface area contributed by atoms with E-state index >= 15 is 0 Å². The van der Waals surface area contributed by atoms with E-state index in [1.165, 1.54) is 69.6 Å². The zero-order valence-electron chi connectivity index (χ0n) is 44.8. The van der Waals surface area contributed by atoms with Gasteiger partial charge < -0.3 is 50.8 Å². The summed E-state index contributed by atoms with van der Waals surface area (Å²) in [6, 6.07) is 11.1. The Labute approximate surface area is 457 Å². The van der Waals surface area contributed by atoms with Gasteiger partial charge in [-0.05, 0) is 86.3 Å². The first-order valence-electron chi connectivity index (χ1n) is 25.1. The molecule has 6 N–H and O–H groups in total. The van der Waals surface area contributed by atoms with Gasteiger partial charge in [-0.1, -0.05) is 0 Å². The molecule has 4 amide bonds. The number of amides is 4. The van der Waals surface area contributed by atoms with Gasteiger partial charge in [0.15, 0.2) is 0 Å². The van der Waals surface area contributed by atoms with Crippen LogP contribution in [0.1, 0.15) is 59.6 Å². The molecule has 2 aliphatic heterocycles. The first kappa shape index (κ1) is 55.2. The molecule has 6 aromatic heterocycles. The maximum atomic E-state index is 14.0. The average molecular weight is 1100 g/mol. The summed E-state index contributed by atoms with van der Waals surface area (Å²) >= 11 is 0. The van der Waals surface area contributed by atoms with Crippen LogP contribution < -0.4 is 30.7 Å². The van der Waals surface area contributed by atoms with E-state index in [9.17, 15) is 38.2 Å². The molecule has 2 aliphatic rings. The number of aliphatic hydroxyl groups is 2.